The van der Waals surface area contributed by atoms with E-state index in [0.29, 0.717) is 18.7 Å². The van der Waals surface area contributed by atoms with Crippen LogP contribution < -0.4 is 5.73 Å². The van der Waals surface area contributed by atoms with E-state index in [1.807, 2.05) is 13.0 Å². The van der Waals surface area contributed by atoms with Crippen LogP contribution in [0.25, 0.3) is 0 Å². The van der Waals surface area contributed by atoms with Gasteiger partial charge in [0.05, 0.1) is 5.56 Å². The van der Waals surface area contributed by atoms with Crippen LogP contribution in [0.5, 0.6) is 5.75 Å². The average molecular weight is 206 g/mol. The molecule has 1 aliphatic rings. The number of rotatable bonds is 1. The van der Waals surface area contributed by atoms with Gasteiger partial charge >= 0.3 is 0 Å². The van der Waals surface area contributed by atoms with Gasteiger partial charge in [-0.15, -0.1) is 0 Å². The van der Waals surface area contributed by atoms with Crippen molar-refractivity contribution in [1.29, 1.82) is 0 Å². The fourth-order valence-electron chi connectivity index (χ4n) is 1.67. The van der Waals surface area contributed by atoms with Gasteiger partial charge in [0.15, 0.2) is 0 Å². The van der Waals surface area contributed by atoms with E-state index in [1.165, 1.54) is 0 Å². The summed E-state index contributed by atoms with van der Waals surface area (Å²) in [5, 5.41) is 9.62. The highest BCUT2D eigenvalue weighted by Gasteiger charge is 2.29. The zero-order valence-corrected chi connectivity index (χ0v) is 8.60. The summed E-state index contributed by atoms with van der Waals surface area (Å²) in [6.45, 7) is 3.02. The van der Waals surface area contributed by atoms with E-state index in [1.54, 1.807) is 17.0 Å². The molecule has 15 heavy (non-hydrogen) atoms. The number of benzene rings is 1. The standard InChI is InChI=1S/C11H14N2O2/c1-7-2-3-9(10(14)4-7)11(15)13-5-8(12)6-13/h2-4,8,14H,5-6,12H2,1H3. The molecule has 0 unspecified atom stereocenters. The SMILES string of the molecule is Cc1ccc(C(=O)N2CC(N)C2)c(O)c1. The van der Waals surface area contributed by atoms with E-state index in [2.05, 4.69) is 0 Å². The molecule has 3 N–H and O–H groups in total. The maximum absolute atomic E-state index is 11.8. The first-order valence-corrected chi connectivity index (χ1v) is 4.92. The zero-order valence-electron chi connectivity index (χ0n) is 8.60. The molecule has 1 amide bonds. The molecule has 0 aromatic heterocycles. The molecule has 1 aliphatic heterocycles. The molecule has 0 radical (unpaired) electrons. The van der Waals surface area contributed by atoms with Crippen LogP contribution in [0.15, 0.2) is 18.2 Å². The molecule has 1 fully saturated rings. The van der Waals surface area contributed by atoms with E-state index in [9.17, 15) is 9.90 Å². The average Bonchev–Trinajstić information content (AvgIpc) is 2.12. The molecule has 4 nitrogen and oxygen atoms in total. The monoisotopic (exact) mass is 206 g/mol. The Morgan fingerprint density at radius 3 is 2.73 bits per heavy atom. The number of aromatic hydroxyl groups is 1. The highest BCUT2D eigenvalue weighted by atomic mass is 16.3. The zero-order chi connectivity index (χ0) is 11.0. The molecule has 0 spiro atoms. The number of aryl methyl sites for hydroxylation is 1. The minimum Gasteiger partial charge on any atom is -0.507 e. The lowest BCUT2D eigenvalue weighted by atomic mass is 10.1. The number of carbonyl (C=O) groups is 1. The van der Waals surface area contributed by atoms with Crippen LogP contribution in [-0.2, 0) is 0 Å². The lowest BCUT2D eigenvalue weighted by Crippen LogP contribution is -2.57. The third-order valence-corrected chi connectivity index (χ3v) is 2.58. The second kappa shape index (κ2) is 3.55. The lowest BCUT2D eigenvalue weighted by Gasteiger charge is -2.36. The van der Waals surface area contributed by atoms with Gasteiger partial charge in [0.2, 0.25) is 0 Å². The molecule has 80 valence electrons. The first kappa shape index (κ1) is 9.98. The van der Waals surface area contributed by atoms with E-state index < -0.39 is 0 Å². The Morgan fingerprint density at radius 1 is 1.53 bits per heavy atom. The lowest BCUT2D eigenvalue weighted by molar-refractivity contribution is 0.0605. The first-order chi connectivity index (χ1) is 7.08. The predicted octanol–water partition coefficient (Wildman–Crippen LogP) is 0.484. The number of hydrogen-bond donors (Lipinski definition) is 2. The van der Waals surface area contributed by atoms with Gasteiger partial charge in [-0.1, -0.05) is 6.07 Å². The summed E-state index contributed by atoms with van der Waals surface area (Å²) in [5.41, 5.74) is 6.88. The second-order valence-corrected chi connectivity index (χ2v) is 3.99. The number of nitrogens with zero attached hydrogens (tertiary/aromatic N) is 1. The molecular formula is C11H14N2O2. The van der Waals surface area contributed by atoms with Crippen molar-refractivity contribution >= 4 is 5.91 Å². The number of phenols is 1. The third-order valence-electron chi connectivity index (χ3n) is 2.58. The predicted molar refractivity (Wildman–Crippen MR) is 56.7 cm³/mol. The largest absolute Gasteiger partial charge is 0.507 e. The Bertz CT molecular complexity index is 398. The molecule has 2 rings (SSSR count). The molecule has 1 heterocycles. The summed E-state index contributed by atoms with van der Waals surface area (Å²) < 4.78 is 0. The Balaban J connectivity index is 2.19. The fraction of sp³-hybridized carbons (Fsp3) is 0.364. The van der Waals surface area contributed by atoms with Gasteiger partial charge < -0.3 is 15.7 Å². The second-order valence-electron chi connectivity index (χ2n) is 3.99. The van der Waals surface area contributed by atoms with Gasteiger partial charge in [0.25, 0.3) is 5.91 Å². The van der Waals surface area contributed by atoms with Crippen molar-refractivity contribution < 1.29 is 9.90 Å². The van der Waals surface area contributed by atoms with Crippen LogP contribution >= 0.6 is 0 Å². The maximum atomic E-state index is 11.8. The normalized spacial score (nSPS) is 16.3. The van der Waals surface area contributed by atoms with E-state index in [-0.39, 0.29) is 17.7 Å². The summed E-state index contributed by atoms with van der Waals surface area (Å²) in [6, 6.07) is 5.14. The summed E-state index contributed by atoms with van der Waals surface area (Å²) in [4.78, 5) is 13.4. The molecular weight excluding hydrogens is 192 g/mol. The fourth-order valence-corrected chi connectivity index (χ4v) is 1.67. The quantitative estimate of drug-likeness (QED) is 0.702. The maximum Gasteiger partial charge on any atom is 0.257 e. The topological polar surface area (TPSA) is 66.6 Å². The number of nitrogens with two attached hydrogens (primary N) is 1. The van der Waals surface area contributed by atoms with Gasteiger partial charge in [-0.05, 0) is 24.6 Å². The summed E-state index contributed by atoms with van der Waals surface area (Å²) >= 11 is 0. The van der Waals surface area contributed by atoms with Crippen molar-refractivity contribution in [2.45, 2.75) is 13.0 Å². The Kier molecular flexibility index (Phi) is 2.36. The van der Waals surface area contributed by atoms with Gasteiger partial charge in [-0.2, -0.15) is 0 Å². The van der Waals surface area contributed by atoms with Crippen LogP contribution in [-0.4, -0.2) is 35.0 Å². The molecule has 0 aliphatic carbocycles. The Labute approximate surface area is 88.3 Å². The van der Waals surface area contributed by atoms with Gasteiger partial charge in [0, 0.05) is 19.1 Å². The molecule has 1 saturated heterocycles. The molecule has 4 heteroatoms. The minimum atomic E-state index is -0.144. The molecule has 1 aromatic rings. The van der Waals surface area contributed by atoms with Crippen LogP contribution in [0.4, 0.5) is 0 Å². The molecule has 1 aromatic carbocycles. The van der Waals surface area contributed by atoms with Crippen LogP contribution in [0, 0.1) is 6.92 Å². The van der Waals surface area contributed by atoms with Crippen molar-refractivity contribution in [3.05, 3.63) is 29.3 Å². The highest BCUT2D eigenvalue weighted by molar-refractivity contribution is 5.97. The van der Waals surface area contributed by atoms with Crippen molar-refractivity contribution in [2.24, 2.45) is 5.73 Å². The minimum absolute atomic E-state index is 0.0421. The van der Waals surface area contributed by atoms with Gasteiger partial charge in [-0.3, -0.25) is 4.79 Å². The van der Waals surface area contributed by atoms with E-state index in [0.717, 1.165) is 5.56 Å². The van der Waals surface area contributed by atoms with Crippen LogP contribution in [0.1, 0.15) is 15.9 Å². The van der Waals surface area contributed by atoms with Crippen LogP contribution in [0.3, 0.4) is 0 Å². The molecule has 0 saturated carbocycles. The van der Waals surface area contributed by atoms with Gasteiger partial charge in [0.1, 0.15) is 5.75 Å². The van der Waals surface area contributed by atoms with E-state index in [4.69, 9.17) is 5.73 Å². The number of phenolic OH excluding ortho intramolecular Hbond substituents is 1. The smallest absolute Gasteiger partial charge is 0.257 e. The van der Waals surface area contributed by atoms with E-state index >= 15 is 0 Å². The van der Waals surface area contributed by atoms with Crippen molar-refractivity contribution in [1.82, 2.24) is 4.90 Å². The Morgan fingerprint density at radius 2 is 2.20 bits per heavy atom. The highest BCUT2D eigenvalue weighted by Crippen LogP contribution is 2.22. The number of likely N-dealkylation sites (tertiary alicyclic amines) is 1. The number of amides is 1. The number of carbonyl (C=O) groups excluding carboxylic acids is 1. The Hall–Kier alpha value is -1.55. The number of hydrogen-bond acceptors (Lipinski definition) is 3. The van der Waals surface area contributed by atoms with Crippen molar-refractivity contribution in [2.75, 3.05) is 13.1 Å². The third kappa shape index (κ3) is 1.80. The van der Waals surface area contributed by atoms with Crippen molar-refractivity contribution in [3.63, 3.8) is 0 Å². The van der Waals surface area contributed by atoms with Crippen LogP contribution in [0.2, 0.25) is 0 Å². The van der Waals surface area contributed by atoms with Crippen molar-refractivity contribution in [3.8, 4) is 5.75 Å². The summed E-state index contributed by atoms with van der Waals surface area (Å²) in [5.74, 6) is -0.102. The summed E-state index contributed by atoms with van der Waals surface area (Å²) in [6.07, 6.45) is 0. The summed E-state index contributed by atoms with van der Waals surface area (Å²) in [7, 11) is 0. The first-order valence-electron chi connectivity index (χ1n) is 4.92. The van der Waals surface area contributed by atoms with Gasteiger partial charge in [-0.25, -0.2) is 0 Å². The molecule has 0 bridgehead atoms. The molecule has 0 atom stereocenters.